The van der Waals surface area contributed by atoms with Gasteiger partial charge in [-0.2, -0.15) is 0 Å². The van der Waals surface area contributed by atoms with E-state index in [0.717, 1.165) is 6.07 Å². The molecule has 0 atom stereocenters. The highest BCUT2D eigenvalue weighted by Gasteiger charge is 2.38. The van der Waals surface area contributed by atoms with Crippen molar-refractivity contribution in [2.75, 3.05) is 23.4 Å². The molecule has 0 saturated carbocycles. The number of carbonyl (C=O) groups is 2. The summed E-state index contributed by atoms with van der Waals surface area (Å²) in [5.41, 5.74) is 0.292. The van der Waals surface area contributed by atoms with Crippen LogP contribution in [-0.4, -0.2) is 29.9 Å². The highest BCUT2D eigenvalue weighted by Crippen LogP contribution is 2.38. The van der Waals surface area contributed by atoms with Gasteiger partial charge in [-0.25, -0.2) is 0 Å². The molecule has 154 valence electrons. The number of fused-ring (bicyclic) bond motifs is 1. The summed E-state index contributed by atoms with van der Waals surface area (Å²) in [6.45, 7) is 8.44. The first-order chi connectivity index (χ1) is 13.6. The highest BCUT2D eigenvalue weighted by molar-refractivity contribution is 6.04. The topological polar surface area (TPSA) is 115 Å². The van der Waals surface area contributed by atoms with E-state index in [2.05, 4.69) is 5.32 Å². The molecule has 0 bridgehead atoms. The number of nitrogens with one attached hydrogen (secondary N) is 1. The quantitative estimate of drug-likeness (QED) is 0.601. The van der Waals surface area contributed by atoms with Crippen molar-refractivity contribution in [3.05, 3.63) is 46.2 Å². The summed E-state index contributed by atoms with van der Waals surface area (Å²) < 4.78 is 10.8. The van der Waals surface area contributed by atoms with Gasteiger partial charge < -0.3 is 19.4 Å². The van der Waals surface area contributed by atoms with Crippen molar-refractivity contribution in [3.63, 3.8) is 0 Å². The lowest BCUT2D eigenvalue weighted by Crippen LogP contribution is -2.43. The van der Waals surface area contributed by atoms with E-state index in [-0.39, 0.29) is 24.2 Å². The molecule has 2 heterocycles. The van der Waals surface area contributed by atoms with Gasteiger partial charge in [0.1, 0.15) is 17.3 Å². The average molecular weight is 401 g/mol. The molecule has 9 nitrogen and oxygen atoms in total. The molecule has 0 spiro atoms. The largest absolute Gasteiger partial charge is 0.490 e. The number of carbonyl (C=O) groups excluding carboxylic acids is 2. The number of hydrogen-bond donors (Lipinski definition) is 1. The van der Waals surface area contributed by atoms with Crippen LogP contribution in [0.2, 0.25) is 0 Å². The Labute approximate surface area is 167 Å². The maximum Gasteiger partial charge on any atom is 0.433 e. The van der Waals surface area contributed by atoms with Crippen molar-refractivity contribution in [2.45, 2.75) is 27.7 Å². The lowest BCUT2D eigenvalue weighted by Gasteiger charge is -2.29. The second-order valence-electron chi connectivity index (χ2n) is 8.01. The number of hydrogen-bond acceptors (Lipinski definition) is 6. The van der Waals surface area contributed by atoms with Gasteiger partial charge in [0.2, 0.25) is 5.91 Å². The summed E-state index contributed by atoms with van der Waals surface area (Å²) in [6.07, 6.45) is 0. The molecule has 1 aromatic heterocycles. The van der Waals surface area contributed by atoms with Crippen LogP contribution in [0.25, 0.3) is 0 Å². The Bertz CT molecular complexity index is 963. The fourth-order valence-corrected chi connectivity index (χ4v) is 3.01. The SMILES string of the molecule is CC(C)CN1C(=O)C(C)(C)COc2ccc(NC(=O)c3ccc([N+](=O)[O-])o3)cc21. The van der Waals surface area contributed by atoms with E-state index in [1.54, 1.807) is 23.1 Å². The predicted octanol–water partition coefficient (Wildman–Crippen LogP) is 3.85. The van der Waals surface area contributed by atoms with E-state index < -0.39 is 22.1 Å². The van der Waals surface area contributed by atoms with Crippen molar-refractivity contribution < 1.29 is 23.7 Å². The number of amides is 2. The highest BCUT2D eigenvalue weighted by atomic mass is 16.6. The second kappa shape index (κ2) is 7.57. The second-order valence-corrected chi connectivity index (χ2v) is 8.01. The molecule has 0 fully saturated rings. The molecule has 1 aliphatic heterocycles. The van der Waals surface area contributed by atoms with Gasteiger partial charge in [0.15, 0.2) is 5.76 Å². The van der Waals surface area contributed by atoms with Gasteiger partial charge in [-0.15, -0.1) is 0 Å². The lowest BCUT2D eigenvalue weighted by atomic mass is 9.92. The first-order valence-electron chi connectivity index (χ1n) is 9.23. The van der Waals surface area contributed by atoms with Crippen LogP contribution in [0.5, 0.6) is 5.75 Å². The van der Waals surface area contributed by atoms with Gasteiger partial charge in [-0.3, -0.25) is 19.7 Å². The van der Waals surface area contributed by atoms with Crippen molar-refractivity contribution in [1.82, 2.24) is 0 Å². The summed E-state index contributed by atoms with van der Waals surface area (Å²) in [5, 5.41) is 13.4. The Hall–Kier alpha value is -3.36. The van der Waals surface area contributed by atoms with Gasteiger partial charge in [0.25, 0.3) is 5.91 Å². The van der Waals surface area contributed by atoms with Gasteiger partial charge in [0.05, 0.1) is 17.2 Å². The minimum absolute atomic E-state index is 0.0601. The maximum absolute atomic E-state index is 13.1. The Morgan fingerprint density at radius 1 is 1.31 bits per heavy atom. The monoisotopic (exact) mass is 401 g/mol. The number of nitrogens with zero attached hydrogens (tertiary/aromatic N) is 2. The first-order valence-corrected chi connectivity index (χ1v) is 9.23. The Kier molecular flexibility index (Phi) is 5.32. The van der Waals surface area contributed by atoms with Crippen LogP contribution in [0, 0.1) is 21.4 Å². The molecule has 0 aliphatic carbocycles. The van der Waals surface area contributed by atoms with E-state index in [9.17, 15) is 19.7 Å². The molecule has 0 radical (unpaired) electrons. The van der Waals surface area contributed by atoms with Gasteiger partial charge in [0, 0.05) is 12.2 Å². The fraction of sp³-hybridized carbons (Fsp3) is 0.400. The maximum atomic E-state index is 13.1. The molecule has 1 aromatic carbocycles. The Morgan fingerprint density at radius 3 is 2.66 bits per heavy atom. The number of rotatable bonds is 5. The molecule has 2 amide bonds. The number of benzene rings is 1. The summed E-state index contributed by atoms with van der Waals surface area (Å²) in [7, 11) is 0. The Morgan fingerprint density at radius 2 is 2.03 bits per heavy atom. The molecule has 9 heteroatoms. The molecule has 1 N–H and O–H groups in total. The number of ether oxygens (including phenoxy) is 1. The molecular weight excluding hydrogens is 378 g/mol. The molecule has 29 heavy (non-hydrogen) atoms. The van der Waals surface area contributed by atoms with Crippen LogP contribution in [0.15, 0.2) is 34.7 Å². The van der Waals surface area contributed by atoms with Crippen molar-refractivity contribution in [1.29, 1.82) is 0 Å². The zero-order valence-electron chi connectivity index (χ0n) is 16.7. The Balaban J connectivity index is 1.91. The third-order valence-corrected chi connectivity index (χ3v) is 4.46. The van der Waals surface area contributed by atoms with Crippen LogP contribution >= 0.6 is 0 Å². The normalized spacial score (nSPS) is 15.5. The van der Waals surface area contributed by atoms with Crippen molar-refractivity contribution in [2.24, 2.45) is 11.3 Å². The van der Waals surface area contributed by atoms with E-state index in [1.165, 1.54) is 6.07 Å². The first kappa shape index (κ1) is 20.4. The molecule has 0 unspecified atom stereocenters. The van der Waals surface area contributed by atoms with E-state index >= 15 is 0 Å². The minimum Gasteiger partial charge on any atom is -0.490 e. The fourth-order valence-electron chi connectivity index (χ4n) is 3.01. The summed E-state index contributed by atoms with van der Waals surface area (Å²) in [4.78, 5) is 37.1. The zero-order valence-corrected chi connectivity index (χ0v) is 16.7. The number of nitro groups is 1. The average Bonchev–Trinajstić information content (AvgIpc) is 3.12. The van der Waals surface area contributed by atoms with Gasteiger partial charge in [-0.05, 0) is 44.0 Å². The number of anilines is 2. The molecule has 0 saturated heterocycles. The summed E-state index contributed by atoms with van der Waals surface area (Å²) in [6, 6.07) is 7.34. The number of furan rings is 1. The third kappa shape index (κ3) is 4.23. The van der Waals surface area contributed by atoms with Crippen LogP contribution < -0.4 is 15.0 Å². The van der Waals surface area contributed by atoms with E-state index in [1.807, 2.05) is 27.7 Å². The zero-order chi connectivity index (χ0) is 21.3. The van der Waals surface area contributed by atoms with Gasteiger partial charge >= 0.3 is 5.88 Å². The van der Waals surface area contributed by atoms with E-state index in [4.69, 9.17) is 9.15 Å². The van der Waals surface area contributed by atoms with Crippen molar-refractivity contribution in [3.8, 4) is 5.75 Å². The van der Waals surface area contributed by atoms with Crippen LogP contribution in [0.1, 0.15) is 38.2 Å². The third-order valence-electron chi connectivity index (χ3n) is 4.46. The van der Waals surface area contributed by atoms with Gasteiger partial charge in [-0.1, -0.05) is 13.8 Å². The predicted molar refractivity (Wildman–Crippen MR) is 106 cm³/mol. The lowest BCUT2D eigenvalue weighted by molar-refractivity contribution is -0.402. The van der Waals surface area contributed by atoms with Crippen LogP contribution in [0.4, 0.5) is 17.3 Å². The molecule has 1 aliphatic rings. The van der Waals surface area contributed by atoms with Crippen molar-refractivity contribution >= 4 is 29.1 Å². The van der Waals surface area contributed by atoms with Crippen LogP contribution in [0.3, 0.4) is 0 Å². The summed E-state index contributed by atoms with van der Waals surface area (Å²) in [5.74, 6) is -0.607. The molecular formula is C20H23N3O6. The minimum atomic E-state index is -0.715. The summed E-state index contributed by atoms with van der Waals surface area (Å²) >= 11 is 0. The molecule has 2 aromatic rings. The van der Waals surface area contributed by atoms with Crippen LogP contribution in [-0.2, 0) is 4.79 Å². The smallest absolute Gasteiger partial charge is 0.433 e. The standard InChI is InChI=1S/C20H23N3O6/c1-12(2)10-22-14-9-13(5-6-15(14)28-11-20(3,4)19(22)25)21-18(24)16-7-8-17(29-16)23(26)27/h5-9,12H,10-11H2,1-4H3,(H,21,24). The molecule has 3 rings (SSSR count). The van der Waals surface area contributed by atoms with E-state index in [0.29, 0.717) is 23.7 Å².